The van der Waals surface area contributed by atoms with Crippen molar-refractivity contribution in [1.82, 2.24) is 5.32 Å². The Labute approximate surface area is 188 Å². The minimum absolute atomic E-state index is 0.168. The van der Waals surface area contributed by atoms with Crippen LogP contribution >= 0.6 is 23.2 Å². The molecule has 2 aromatic rings. The van der Waals surface area contributed by atoms with E-state index in [1.54, 1.807) is 18.2 Å². The molecule has 0 fully saturated rings. The number of carbonyl (C=O) groups excluding carboxylic acids is 3. The van der Waals surface area contributed by atoms with Gasteiger partial charge in [0, 0.05) is 5.56 Å². The van der Waals surface area contributed by atoms with Crippen LogP contribution in [0.25, 0.3) is 0 Å². The van der Waals surface area contributed by atoms with Crippen molar-refractivity contribution in [2.24, 2.45) is 0 Å². The maximum Gasteiger partial charge on any atom is 0.325 e. The standard InChI is InChI=1S/C20H20Cl2N2O7/c1-28-14-7-11(8-15(29-2)19(14)30-3)20(27)23-9-17(26)31-10-16(25)24-13-6-4-5-12(21)18(13)22/h4-8H,9-10H2,1-3H3,(H,23,27)(H,24,25). The zero-order valence-electron chi connectivity index (χ0n) is 16.9. The molecule has 0 bridgehead atoms. The number of benzene rings is 2. The lowest BCUT2D eigenvalue weighted by atomic mass is 10.1. The van der Waals surface area contributed by atoms with E-state index in [1.807, 2.05) is 0 Å². The highest BCUT2D eigenvalue weighted by molar-refractivity contribution is 6.44. The van der Waals surface area contributed by atoms with Crippen molar-refractivity contribution >= 4 is 46.7 Å². The quantitative estimate of drug-likeness (QED) is 0.541. The third-order valence-corrected chi connectivity index (χ3v) is 4.73. The maximum atomic E-state index is 12.4. The molecule has 166 valence electrons. The molecule has 0 saturated heterocycles. The van der Waals surface area contributed by atoms with E-state index in [-0.39, 0.29) is 32.8 Å². The molecule has 11 heteroatoms. The molecule has 0 aliphatic rings. The van der Waals surface area contributed by atoms with E-state index in [0.29, 0.717) is 5.75 Å². The minimum Gasteiger partial charge on any atom is -0.493 e. The fraction of sp³-hybridized carbons (Fsp3) is 0.250. The molecule has 0 aliphatic heterocycles. The Morgan fingerprint density at radius 3 is 2.19 bits per heavy atom. The van der Waals surface area contributed by atoms with E-state index in [4.69, 9.17) is 42.1 Å². The fourth-order valence-electron chi connectivity index (χ4n) is 2.45. The van der Waals surface area contributed by atoms with Crippen LogP contribution in [-0.4, -0.2) is 52.3 Å². The van der Waals surface area contributed by atoms with E-state index in [1.165, 1.54) is 33.5 Å². The van der Waals surface area contributed by atoms with Gasteiger partial charge in [0.2, 0.25) is 5.75 Å². The molecular formula is C20H20Cl2N2O7. The zero-order chi connectivity index (χ0) is 23.0. The summed E-state index contributed by atoms with van der Waals surface area (Å²) in [6.07, 6.45) is 0. The molecule has 0 unspecified atom stereocenters. The summed E-state index contributed by atoms with van der Waals surface area (Å²) in [5.74, 6) is -1.11. The predicted molar refractivity (Wildman–Crippen MR) is 114 cm³/mol. The van der Waals surface area contributed by atoms with Crippen LogP contribution in [0.4, 0.5) is 5.69 Å². The van der Waals surface area contributed by atoms with Crippen molar-refractivity contribution in [2.45, 2.75) is 0 Å². The van der Waals surface area contributed by atoms with Crippen LogP contribution in [0.15, 0.2) is 30.3 Å². The van der Waals surface area contributed by atoms with Crippen LogP contribution in [0.3, 0.4) is 0 Å². The fourth-order valence-corrected chi connectivity index (χ4v) is 2.80. The van der Waals surface area contributed by atoms with E-state index in [0.717, 1.165) is 0 Å². The van der Waals surface area contributed by atoms with Crippen LogP contribution in [0.2, 0.25) is 10.0 Å². The summed E-state index contributed by atoms with van der Waals surface area (Å²) in [6, 6.07) is 7.59. The van der Waals surface area contributed by atoms with Crippen molar-refractivity contribution in [1.29, 1.82) is 0 Å². The summed E-state index contributed by atoms with van der Waals surface area (Å²) in [4.78, 5) is 36.2. The number of esters is 1. The molecule has 0 saturated carbocycles. The highest BCUT2D eigenvalue weighted by Gasteiger charge is 2.18. The van der Waals surface area contributed by atoms with Crippen molar-refractivity contribution < 1.29 is 33.3 Å². The van der Waals surface area contributed by atoms with Gasteiger partial charge >= 0.3 is 5.97 Å². The second kappa shape index (κ2) is 11.3. The number of amides is 2. The van der Waals surface area contributed by atoms with Crippen molar-refractivity contribution in [2.75, 3.05) is 39.8 Å². The second-order valence-electron chi connectivity index (χ2n) is 5.91. The lowest BCUT2D eigenvalue weighted by Crippen LogP contribution is -2.32. The molecule has 2 N–H and O–H groups in total. The molecule has 2 rings (SSSR count). The second-order valence-corrected chi connectivity index (χ2v) is 6.69. The smallest absolute Gasteiger partial charge is 0.325 e. The molecular weight excluding hydrogens is 451 g/mol. The highest BCUT2D eigenvalue weighted by atomic mass is 35.5. The molecule has 2 amide bonds. The summed E-state index contributed by atoms with van der Waals surface area (Å²) >= 11 is 11.8. The number of halogens is 2. The molecule has 0 aromatic heterocycles. The minimum atomic E-state index is -0.812. The molecule has 0 heterocycles. The van der Waals surface area contributed by atoms with E-state index in [2.05, 4.69) is 10.6 Å². The van der Waals surface area contributed by atoms with Crippen molar-refractivity contribution in [3.8, 4) is 17.2 Å². The van der Waals surface area contributed by atoms with Crippen LogP contribution in [0.5, 0.6) is 17.2 Å². The van der Waals surface area contributed by atoms with E-state index < -0.39 is 30.9 Å². The van der Waals surface area contributed by atoms with Gasteiger partial charge in [0.25, 0.3) is 11.8 Å². The Morgan fingerprint density at radius 1 is 0.968 bits per heavy atom. The first-order valence-electron chi connectivity index (χ1n) is 8.78. The monoisotopic (exact) mass is 470 g/mol. The van der Waals surface area contributed by atoms with Crippen LogP contribution in [0, 0.1) is 0 Å². The molecule has 0 aliphatic carbocycles. The molecule has 31 heavy (non-hydrogen) atoms. The predicted octanol–water partition coefficient (Wildman–Crippen LogP) is 2.93. The normalized spacial score (nSPS) is 10.1. The summed E-state index contributed by atoms with van der Waals surface area (Å²) in [7, 11) is 4.27. The lowest BCUT2D eigenvalue weighted by Gasteiger charge is -2.14. The van der Waals surface area contributed by atoms with Gasteiger partial charge in [0.1, 0.15) is 6.54 Å². The average molecular weight is 471 g/mol. The summed E-state index contributed by atoms with van der Waals surface area (Å²) < 4.78 is 20.4. The largest absolute Gasteiger partial charge is 0.493 e. The Kier molecular flexibility index (Phi) is 8.77. The molecule has 0 spiro atoms. The van der Waals surface area contributed by atoms with Gasteiger partial charge in [-0.05, 0) is 24.3 Å². The molecule has 2 aromatic carbocycles. The molecule has 9 nitrogen and oxygen atoms in total. The summed E-state index contributed by atoms with van der Waals surface area (Å²) in [6.45, 7) is -1.03. The Hall–Kier alpha value is -3.17. The zero-order valence-corrected chi connectivity index (χ0v) is 18.4. The Morgan fingerprint density at radius 2 is 1.61 bits per heavy atom. The van der Waals surface area contributed by atoms with Gasteiger partial charge in [-0.15, -0.1) is 0 Å². The summed E-state index contributed by atoms with van der Waals surface area (Å²) in [5, 5.41) is 5.30. The van der Waals surface area contributed by atoms with Gasteiger partial charge in [-0.2, -0.15) is 0 Å². The number of nitrogens with one attached hydrogen (secondary N) is 2. The number of methoxy groups -OCH3 is 3. The number of anilines is 1. The third kappa shape index (κ3) is 6.40. The lowest BCUT2D eigenvalue weighted by molar-refractivity contribution is -0.146. The Balaban J connectivity index is 1.89. The third-order valence-electron chi connectivity index (χ3n) is 3.91. The number of ether oxygens (including phenoxy) is 4. The number of carbonyl (C=O) groups is 3. The van der Waals surface area contributed by atoms with Crippen LogP contribution in [0.1, 0.15) is 10.4 Å². The van der Waals surface area contributed by atoms with Crippen LogP contribution in [-0.2, 0) is 14.3 Å². The van der Waals surface area contributed by atoms with Gasteiger partial charge in [0.05, 0.1) is 37.1 Å². The van der Waals surface area contributed by atoms with Gasteiger partial charge in [-0.3, -0.25) is 14.4 Å². The number of rotatable bonds is 9. The van der Waals surface area contributed by atoms with Crippen molar-refractivity contribution in [3.05, 3.63) is 45.9 Å². The van der Waals surface area contributed by atoms with Gasteiger partial charge in [0.15, 0.2) is 18.1 Å². The van der Waals surface area contributed by atoms with E-state index in [9.17, 15) is 14.4 Å². The Bertz CT molecular complexity index is 957. The SMILES string of the molecule is COc1cc(C(=O)NCC(=O)OCC(=O)Nc2cccc(Cl)c2Cl)cc(OC)c1OC. The first-order valence-corrected chi connectivity index (χ1v) is 9.54. The van der Waals surface area contributed by atoms with Gasteiger partial charge in [-0.25, -0.2) is 0 Å². The topological polar surface area (TPSA) is 112 Å². The first kappa shape index (κ1) is 24.1. The van der Waals surface area contributed by atoms with E-state index >= 15 is 0 Å². The van der Waals surface area contributed by atoms with Gasteiger partial charge in [-0.1, -0.05) is 29.3 Å². The number of hydrogen-bond donors (Lipinski definition) is 2. The molecule has 0 radical (unpaired) electrons. The van der Waals surface area contributed by atoms with Gasteiger partial charge < -0.3 is 29.6 Å². The number of hydrogen-bond acceptors (Lipinski definition) is 7. The maximum absolute atomic E-state index is 12.4. The average Bonchev–Trinajstić information content (AvgIpc) is 2.77. The highest BCUT2D eigenvalue weighted by Crippen LogP contribution is 2.38. The van der Waals surface area contributed by atoms with Crippen molar-refractivity contribution in [3.63, 3.8) is 0 Å². The summed E-state index contributed by atoms with van der Waals surface area (Å²) in [5.41, 5.74) is 0.460. The van der Waals surface area contributed by atoms with Crippen LogP contribution < -0.4 is 24.8 Å². The molecule has 0 atom stereocenters. The first-order chi connectivity index (χ1) is 14.8.